The van der Waals surface area contributed by atoms with Gasteiger partial charge in [0.15, 0.2) is 23.7 Å². The molecule has 0 aliphatic carbocycles. The Morgan fingerprint density at radius 3 is 1.96 bits per heavy atom. The van der Waals surface area contributed by atoms with Gasteiger partial charge in [-0.3, -0.25) is 4.57 Å². The second-order valence-corrected chi connectivity index (χ2v) is 17.4. The third-order valence-electron chi connectivity index (χ3n) is 11.8. The molecule has 0 amide bonds. The lowest BCUT2D eigenvalue weighted by Gasteiger charge is -2.40. The van der Waals surface area contributed by atoms with Crippen LogP contribution in [0.1, 0.15) is 52.7 Å². The van der Waals surface area contributed by atoms with E-state index in [2.05, 4.69) is 179 Å². The van der Waals surface area contributed by atoms with Gasteiger partial charge < -0.3 is 4.74 Å². The number of ether oxygens (including phenoxy) is 1. The smallest absolute Gasteiger partial charge is 0.225 e. The van der Waals surface area contributed by atoms with Crippen LogP contribution in [0.4, 0.5) is 28.4 Å². The number of hydrogen-bond acceptors (Lipinski definition) is 2. The Bertz CT molecular complexity index is 2960. The van der Waals surface area contributed by atoms with Crippen molar-refractivity contribution in [2.24, 2.45) is 0 Å². The molecule has 0 spiro atoms. The molecule has 6 nitrogen and oxygen atoms in total. The Morgan fingerprint density at radius 1 is 0.579 bits per heavy atom. The van der Waals surface area contributed by atoms with E-state index in [4.69, 9.17) is 16.3 Å². The highest BCUT2D eigenvalue weighted by Crippen LogP contribution is 2.75. The van der Waals surface area contributed by atoms with Crippen LogP contribution in [0.15, 0.2) is 152 Å². The highest BCUT2D eigenvalue weighted by Gasteiger charge is 2.78. The van der Waals surface area contributed by atoms with Crippen LogP contribution in [0.5, 0.6) is 11.5 Å². The molecule has 0 bridgehead atoms. The molecule has 2 atom stereocenters. The average molecular weight is 743 g/mol. The number of quaternary nitrogens is 2. The molecule has 2 aliphatic heterocycles. The maximum Gasteiger partial charge on any atom is 0.225 e. The Hall–Kier alpha value is -6.52. The van der Waals surface area contributed by atoms with Gasteiger partial charge in [0.05, 0.1) is 17.6 Å². The van der Waals surface area contributed by atoms with Crippen LogP contribution in [0.3, 0.4) is 0 Å². The molecular formula is C51H44N5O+. The van der Waals surface area contributed by atoms with E-state index in [0.29, 0.717) is 14.9 Å². The molecule has 1 fully saturated rings. The third kappa shape index (κ3) is 5.27. The van der Waals surface area contributed by atoms with Crippen LogP contribution >= 0.6 is 0 Å². The van der Waals surface area contributed by atoms with Crippen molar-refractivity contribution in [2.75, 3.05) is 0 Å². The standard InChI is InChI=1S/C51H44N5O/c1-50(2,3)36-23-24-53-49(29-36)54-45-18-12-11-17-43(45)44-22-21-41(32-46(44)54)57-42-28-37(51(4,5)6)27-40(31-42)56-33-55(56,47-19-13-14-20-48(47)56)39-26-35(25-38(30-39)52-7)34-15-9-8-10-16-34/h8-33H,1-6H3/q+1/t55-,56?/m0/s1. The molecule has 10 rings (SSSR count). The number of para-hydroxylation sites is 3. The Morgan fingerprint density at radius 2 is 1.25 bits per heavy atom. The Balaban J connectivity index is 1.11. The zero-order chi connectivity index (χ0) is 39.3. The Labute approximate surface area is 334 Å². The lowest BCUT2D eigenvalue weighted by atomic mass is 9.86. The summed E-state index contributed by atoms with van der Waals surface area (Å²) in [6, 6.07) is 51.3. The third-order valence-corrected chi connectivity index (χ3v) is 11.8. The fourth-order valence-electron chi connectivity index (χ4n) is 8.78. The summed E-state index contributed by atoms with van der Waals surface area (Å²) < 4.78 is 10.2. The van der Waals surface area contributed by atoms with Crippen molar-refractivity contribution in [1.29, 1.82) is 0 Å². The number of pyridine rings is 1. The van der Waals surface area contributed by atoms with Crippen LogP contribution < -0.4 is 13.9 Å². The predicted molar refractivity (Wildman–Crippen MR) is 234 cm³/mol. The van der Waals surface area contributed by atoms with Crippen molar-refractivity contribution in [2.45, 2.75) is 52.4 Å². The van der Waals surface area contributed by atoms with Gasteiger partial charge in [-0.15, -0.1) is 0 Å². The maximum absolute atomic E-state index is 8.04. The van der Waals surface area contributed by atoms with Crippen molar-refractivity contribution >= 4 is 50.2 Å². The lowest BCUT2D eigenvalue weighted by Crippen LogP contribution is -2.46. The molecule has 6 heteroatoms. The van der Waals surface area contributed by atoms with Gasteiger partial charge in [0.1, 0.15) is 17.3 Å². The molecule has 6 aromatic carbocycles. The van der Waals surface area contributed by atoms with Crippen molar-refractivity contribution in [3.63, 3.8) is 0 Å². The van der Waals surface area contributed by atoms with Gasteiger partial charge in [-0.05, 0) is 75.5 Å². The fourth-order valence-corrected chi connectivity index (χ4v) is 8.78. The largest absolute Gasteiger partial charge is 0.457 e. The van der Waals surface area contributed by atoms with Crippen LogP contribution in [-0.4, -0.2) is 9.55 Å². The zero-order valence-corrected chi connectivity index (χ0v) is 33.2. The van der Waals surface area contributed by atoms with E-state index >= 15 is 0 Å². The first-order valence-corrected chi connectivity index (χ1v) is 19.6. The van der Waals surface area contributed by atoms with E-state index in [9.17, 15) is 0 Å². The minimum absolute atomic E-state index is 0.0152. The van der Waals surface area contributed by atoms with Crippen molar-refractivity contribution in [3.05, 3.63) is 181 Å². The lowest BCUT2D eigenvalue weighted by molar-refractivity contribution is 0.422. The van der Waals surface area contributed by atoms with E-state index in [1.165, 1.54) is 27.9 Å². The molecule has 0 N–H and O–H groups in total. The highest BCUT2D eigenvalue weighted by molar-refractivity contribution is 6.09. The van der Waals surface area contributed by atoms with Crippen LogP contribution in [0, 0.1) is 13.2 Å². The molecule has 1 saturated heterocycles. The van der Waals surface area contributed by atoms with Gasteiger partial charge in [0.2, 0.25) is 11.4 Å². The minimum atomic E-state index is -0.146. The normalized spacial score (nSPS) is 18.4. The monoisotopic (exact) mass is 742 g/mol. The summed E-state index contributed by atoms with van der Waals surface area (Å²) in [6.45, 7) is 23.9. The van der Waals surface area contributed by atoms with Crippen molar-refractivity contribution in [3.8, 4) is 28.4 Å². The number of benzene rings is 6. The van der Waals surface area contributed by atoms with Gasteiger partial charge in [-0.2, -0.15) is 9.18 Å². The average Bonchev–Trinajstić information content (AvgIpc) is 3.71. The van der Waals surface area contributed by atoms with Crippen molar-refractivity contribution < 1.29 is 4.74 Å². The van der Waals surface area contributed by atoms with Crippen LogP contribution in [0.25, 0.3) is 43.6 Å². The quantitative estimate of drug-likeness (QED) is 0.0965. The van der Waals surface area contributed by atoms with E-state index in [1.807, 2.05) is 30.5 Å². The van der Waals surface area contributed by atoms with E-state index in [1.54, 1.807) is 0 Å². The topological polar surface area (TPSA) is 31.4 Å². The number of fused-ring (bicyclic) bond motifs is 7. The molecule has 8 aromatic rings. The molecule has 278 valence electrons. The second-order valence-electron chi connectivity index (χ2n) is 17.4. The molecule has 1 unspecified atom stereocenters. The van der Waals surface area contributed by atoms with Gasteiger partial charge in [0, 0.05) is 59.4 Å². The summed E-state index contributed by atoms with van der Waals surface area (Å²) >= 11 is 0. The number of hydrogen-bond donors (Lipinski definition) is 0. The molecule has 0 saturated carbocycles. The molecule has 0 radical (unpaired) electrons. The summed E-state index contributed by atoms with van der Waals surface area (Å²) in [6.07, 6.45) is 1.92. The molecule has 4 heterocycles. The summed E-state index contributed by atoms with van der Waals surface area (Å²) in [7, 11) is 0. The summed E-state index contributed by atoms with van der Waals surface area (Å²) in [5.41, 5.74) is 11.8. The van der Waals surface area contributed by atoms with Gasteiger partial charge >= 0.3 is 0 Å². The molecule has 57 heavy (non-hydrogen) atoms. The molecule has 2 aromatic heterocycles. The first kappa shape index (κ1) is 34.9. The van der Waals surface area contributed by atoms with Crippen molar-refractivity contribution in [1.82, 2.24) is 18.7 Å². The SMILES string of the molecule is [C-]#[N+]c1cc(-c2ccccc2)cc([N@+]23[CH-][N+]2(c2cc(Oc4ccc5c6ccccc6n(-c6cc(C(C)(C)C)ccn6)c5c4)cc(C(C)(C)C)c2)c2ccccc23)c1. The Kier molecular flexibility index (Phi) is 7.50. The number of nitrogens with zero attached hydrogens (tertiary/aromatic N) is 5. The van der Waals surface area contributed by atoms with Gasteiger partial charge in [0.25, 0.3) is 0 Å². The van der Waals surface area contributed by atoms with Gasteiger partial charge in [-0.1, -0.05) is 102 Å². The zero-order valence-electron chi connectivity index (χ0n) is 33.2. The molecule has 2 aliphatic rings. The highest BCUT2D eigenvalue weighted by atomic mass is 16.5. The first-order chi connectivity index (χ1) is 27.4. The van der Waals surface area contributed by atoms with Gasteiger partial charge in [-0.25, -0.2) is 9.83 Å². The fraction of sp³-hybridized carbons (Fsp3) is 0.157. The minimum Gasteiger partial charge on any atom is -0.457 e. The summed E-state index contributed by atoms with van der Waals surface area (Å²) in [5.74, 6) is 2.42. The summed E-state index contributed by atoms with van der Waals surface area (Å²) in [5, 5.41) is 2.33. The van der Waals surface area contributed by atoms with Crippen LogP contribution in [-0.2, 0) is 10.8 Å². The van der Waals surface area contributed by atoms with E-state index in [0.717, 1.165) is 56.2 Å². The second kappa shape index (κ2) is 12.2. The number of rotatable bonds is 6. The maximum atomic E-state index is 8.04. The van der Waals surface area contributed by atoms with E-state index < -0.39 is 0 Å². The molecular weight excluding hydrogens is 699 g/mol. The van der Waals surface area contributed by atoms with E-state index in [-0.39, 0.29) is 10.8 Å². The number of aromatic nitrogens is 2. The van der Waals surface area contributed by atoms with Crippen LogP contribution in [0.2, 0.25) is 0 Å². The predicted octanol–water partition coefficient (Wildman–Crippen LogP) is 14.1. The first-order valence-electron chi connectivity index (χ1n) is 19.6. The summed E-state index contributed by atoms with van der Waals surface area (Å²) in [4.78, 5) is 8.82.